The summed E-state index contributed by atoms with van der Waals surface area (Å²) in [5.41, 5.74) is 0.987. The normalized spacial score (nSPS) is 30.2. The number of ether oxygens (including phenoxy) is 9. The van der Waals surface area contributed by atoms with Crippen molar-refractivity contribution in [2.75, 3.05) is 100 Å². The Bertz CT molecular complexity index is 1090. The smallest absolute Gasteiger partial charge is 0.189 e. The van der Waals surface area contributed by atoms with Crippen LogP contribution >= 0.6 is 0 Å². The molecule has 1 aromatic rings. The van der Waals surface area contributed by atoms with Crippen molar-refractivity contribution in [2.45, 2.75) is 74.2 Å². The SMILES string of the molecule is COCCOCCOCCOCCOC1CC[C@@]2(O)[C@H]3Cc4ccc(OCOCCOC)c5c4[C@@]2(CCN3CC2CCC2)[C@H]1O5. The number of methoxy groups -OCH3 is 2. The number of likely N-dealkylation sites (tertiary alicyclic amines) is 1. The minimum Gasteiger partial charge on any atom is -0.482 e. The van der Waals surface area contributed by atoms with E-state index in [1.54, 1.807) is 14.2 Å². The quantitative estimate of drug-likeness (QED) is 0.159. The van der Waals surface area contributed by atoms with Gasteiger partial charge in [-0.2, -0.15) is 0 Å². The Morgan fingerprint density at radius 3 is 2.22 bits per heavy atom. The van der Waals surface area contributed by atoms with Crippen LogP contribution in [0.1, 0.15) is 49.7 Å². The lowest BCUT2D eigenvalue weighted by molar-refractivity contribution is -0.218. The largest absolute Gasteiger partial charge is 0.482 e. The van der Waals surface area contributed by atoms with Crippen molar-refractivity contribution in [1.29, 1.82) is 0 Å². The zero-order valence-electron chi connectivity index (χ0n) is 27.2. The molecule has 254 valence electrons. The minimum absolute atomic E-state index is 0.0789. The van der Waals surface area contributed by atoms with Crippen molar-refractivity contribution in [3.8, 4) is 11.5 Å². The van der Waals surface area contributed by atoms with Crippen LogP contribution in [0.3, 0.4) is 0 Å². The Morgan fingerprint density at radius 2 is 1.53 bits per heavy atom. The Balaban J connectivity index is 1.10. The minimum atomic E-state index is -0.882. The van der Waals surface area contributed by atoms with Crippen molar-refractivity contribution in [3.63, 3.8) is 0 Å². The van der Waals surface area contributed by atoms with Crippen LogP contribution in [-0.2, 0) is 45.0 Å². The molecule has 1 unspecified atom stereocenters. The third-order valence-corrected chi connectivity index (χ3v) is 10.7. The Kier molecular flexibility index (Phi) is 11.5. The Morgan fingerprint density at radius 1 is 0.844 bits per heavy atom. The van der Waals surface area contributed by atoms with Gasteiger partial charge in [0.15, 0.2) is 18.3 Å². The topological polar surface area (TPSA) is 107 Å². The molecule has 0 radical (unpaired) electrons. The van der Waals surface area contributed by atoms with Crippen LogP contribution in [0.25, 0.3) is 0 Å². The maximum Gasteiger partial charge on any atom is 0.189 e. The molecule has 2 saturated carbocycles. The lowest BCUT2D eigenvalue weighted by Gasteiger charge is -2.64. The van der Waals surface area contributed by atoms with Gasteiger partial charge < -0.3 is 47.7 Å². The van der Waals surface area contributed by atoms with E-state index < -0.39 is 11.0 Å². The van der Waals surface area contributed by atoms with E-state index >= 15 is 0 Å². The van der Waals surface area contributed by atoms with Crippen molar-refractivity contribution in [2.24, 2.45) is 5.92 Å². The summed E-state index contributed by atoms with van der Waals surface area (Å²) in [5.74, 6) is 2.18. The average Bonchev–Trinajstić information content (AvgIpc) is 3.37. The van der Waals surface area contributed by atoms with Crippen LogP contribution in [-0.4, -0.2) is 134 Å². The average molecular weight is 636 g/mol. The second-order valence-corrected chi connectivity index (χ2v) is 13.1. The maximum atomic E-state index is 12.8. The van der Waals surface area contributed by atoms with E-state index in [2.05, 4.69) is 11.0 Å². The van der Waals surface area contributed by atoms with E-state index in [1.165, 1.54) is 24.8 Å². The van der Waals surface area contributed by atoms with Crippen molar-refractivity contribution < 1.29 is 47.7 Å². The first-order valence-electron chi connectivity index (χ1n) is 16.9. The molecule has 6 rings (SSSR count). The van der Waals surface area contributed by atoms with E-state index in [0.29, 0.717) is 78.2 Å². The summed E-state index contributed by atoms with van der Waals surface area (Å²) >= 11 is 0. The van der Waals surface area contributed by atoms with E-state index in [-0.39, 0.29) is 25.0 Å². The van der Waals surface area contributed by atoms with Gasteiger partial charge in [0, 0.05) is 32.4 Å². The number of benzene rings is 1. The first kappa shape index (κ1) is 33.4. The molecule has 1 saturated heterocycles. The molecule has 5 atom stereocenters. The van der Waals surface area contributed by atoms with Crippen molar-refractivity contribution in [3.05, 3.63) is 23.3 Å². The molecule has 2 heterocycles. The number of hydrogen-bond acceptors (Lipinski definition) is 11. The molecule has 1 N–H and O–H groups in total. The molecule has 2 aliphatic heterocycles. The van der Waals surface area contributed by atoms with Gasteiger partial charge in [-0.3, -0.25) is 4.90 Å². The third-order valence-electron chi connectivity index (χ3n) is 10.7. The molecule has 5 aliphatic rings. The van der Waals surface area contributed by atoms with Crippen LogP contribution in [0.4, 0.5) is 0 Å². The zero-order valence-corrected chi connectivity index (χ0v) is 27.2. The molecular formula is C34H53NO10. The van der Waals surface area contributed by atoms with Gasteiger partial charge in [-0.15, -0.1) is 0 Å². The van der Waals surface area contributed by atoms with E-state index in [0.717, 1.165) is 49.6 Å². The second kappa shape index (κ2) is 15.6. The predicted molar refractivity (Wildman–Crippen MR) is 165 cm³/mol. The molecular weight excluding hydrogens is 582 g/mol. The predicted octanol–water partition coefficient (Wildman–Crippen LogP) is 2.72. The molecule has 1 spiro atoms. The van der Waals surface area contributed by atoms with Gasteiger partial charge >= 0.3 is 0 Å². The van der Waals surface area contributed by atoms with E-state index in [1.807, 2.05) is 6.07 Å². The fourth-order valence-corrected chi connectivity index (χ4v) is 8.33. The highest BCUT2D eigenvalue weighted by Gasteiger charge is 2.73. The molecule has 11 nitrogen and oxygen atoms in total. The van der Waals surface area contributed by atoms with Crippen LogP contribution in [0, 0.1) is 5.92 Å². The maximum absolute atomic E-state index is 12.8. The second-order valence-electron chi connectivity index (χ2n) is 13.1. The molecule has 3 fully saturated rings. The number of aliphatic hydroxyl groups is 1. The van der Waals surface area contributed by atoms with Gasteiger partial charge in [0.1, 0.15) is 6.10 Å². The van der Waals surface area contributed by atoms with Crippen molar-refractivity contribution in [1.82, 2.24) is 4.90 Å². The number of nitrogens with zero attached hydrogens (tertiary/aromatic N) is 1. The molecule has 0 aromatic heterocycles. The van der Waals surface area contributed by atoms with E-state index in [9.17, 15) is 5.11 Å². The summed E-state index contributed by atoms with van der Waals surface area (Å²) in [6, 6.07) is 4.27. The molecule has 45 heavy (non-hydrogen) atoms. The molecule has 11 heteroatoms. The molecule has 0 amide bonds. The first-order chi connectivity index (χ1) is 22.1. The van der Waals surface area contributed by atoms with E-state index in [4.69, 9.17) is 42.6 Å². The summed E-state index contributed by atoms with van der Waals surface area (Å²) in [5, 5.41) is 12.8. The Labute approximate surface area is 267 Å². The summed E-state index contributed by atoms with van der Waals surface area (Å²) in [6.45, 7) is 7.27. The summed E-state index contributed by atoms with van der Waals surface area (Å²) in [7, 11) is 3.31. The fourth-order valence-electron chi connectivity index (χ4n) is 8.33. The molecule has 1 aromatic carbocycles. The monoisotopic (exact) mass is 635 g/mol. The standard InChI is InChI=1S/C34H53NO10/c1-37-12-14-39-16-17-40-18-19-41-20-21-43-28-8-9-34(36)29-22-26-6-7-27(44-24-42-15-13-38-2)31-30(26)33(34,32(28)45-31)10-11-35(29)23-25-4-3-5-25/h6-7,25,28-29,32,36H,3-5,8-24H2,1-2H3/t28?,29-,32+,33+,34-/m1/s1. The van der Waals surface area contributed by atoms with Crippen molar-refractivity contribution >= 4 is 0 Å². The van der Waals surface area contributed by atoms with Gasteiger partial charge in [-0.25, -0.2) is 0 Å². The van der Waals surface area contributed by atoms with Crippen LogP contribution in [0.15, 0.2) is 12.1 Å². The highest BCUT2D eigenvalue weighted by atomic mass is 16.7. The lowest BCUT2D eigenvalue weighted by Crippen LogP contribution is -2.77. The van der Waals surface area contributed by atoms with Gasteiger partial charge in [0.25, 0.3) is 0 Å². The lowest BCUT2D eigenvalue weighted by atomic mass is 9.48. The van der Waals surface area contributed by atoms with Crippen LogP contribution in [0.2, 0.25) is 0 Å². The number of piperidine rings is 1. The van der Waals surface area contributed by atoms with Gasteiger partial charge in [0.2, 0.25) is 0 Å². The summed E-state index contributed by atoms with van der Waals surface area (Å²) < 4.78 is 52.0. The number of rotatable bonds is 21. The zero-order chi connectivity index (χ0) is 31.1. The van der Waals surface area contributed by atoms with Gasteiger partial charge in [0.05, 0.1) is 83.2 Å². The van der Waals surface area contributed by atoms with Crippen LogP contribution in [0.5, 0.6) is 11.5 Å². The van der Waals surface area contributed by atoms with Gasteiger partial charge in [-0.1, -0.05) is 12.5 Å². The number of hydrogen-bond donors (Lipinski definition) is 1. The molecule has 2 bridgehead atoms. The van der Waals surface area contributed by atoms with Crippen LogP contribution < -0.4 is 9.47 Å². The molecule has 3 aliphatic carbocycles. The summed E-state index contributed by atoms with van der Waals surface area (Å²) in [4.78, 5) is 2.60. The Hall–Kier alpha value is -1.54. The first-order valence-corrected chi connectivity index (χ1v) is 16.9. The third kappa shape index (κ3) is 6.75. The highest BCUT2D eigenvalue weighted by Crippen LogP contribution is 2.66. The van der Waals surface area contributed by atoms with Gasteiger partial charge in [-0.05, 0) is 62.6 Å². The highest BCUT2D eigenvalue weighted by molar-refractivity contribution is 5.63. The fraction of sp³-hybridized carbons (Fsp3) is 0.824. The summed E-state index contributed by atoms with van der Waals surface area (Å²) in [6.07, 6.45) is 6.59.